The maximum Gasteiger partial charge on any atom is 0.361 e. The van der Waals surface area contributed by atoms with Crippen LogP contribution in [0.4, 0.5) is 0 Å². The molecule has 0 aromatic heterocycles. The molecule has 0 fully saturated rings. The Hall–Kier alpha value is -0.670. The van der Waals surface area contributed by atoms with Gasteiger partial charge in [0.25, 0.3) is 0 Å². The van der Waals surface area contributed by atoms with Crippen molar-refractivity contribution in [2.45, 2.75) is 31.5 Å². The number of hydrogen-bond donors (Lipinski definition) is 3. The summed E-state index contributed by atoms with van der Waals surface area (Å²) < 4.78 is 11.4. The van der Waals surface area contributed by atoms with E-state index >= 15 is 0 Å². The molecule has 16 heavy (non-hydrogen) atoms. The van der Waals surface area contributed by atoms with Crippen molar-refractivity contribution < 1.29 is 19.5 Å². The first-order valence-electron chi connectivity index (χ1n) is 5.25. The summed E-state index contributed by atoms with van der Waals surface area (Å²) in [4.78, 5) is 18.6. The average Bonchev–Trinajstić information content (AvgIpc) is 2.25. The summed E-state index contributed by atoms with van der Waals surface area (Å²) in [5, 5.41) is 8.14. The minimum Gasteiger partial charge on any atom is -0.373 e. The van der Waals surface area contributed by atoms with Gasteiger partial charge in [0.15, 0.2) is 5.34 Å². The normalized spacial score (nSPS) is 15.8. The number of hydrogen-bond acceptors (Lipinski definition) is 2. The van der Waals surface area contributed by atoms with E-state index in [1.165, 1.54) is 12.1 Å². The zero-order valence-electron chi connectivity index (χ0n) is 9.21. The lowest BCUT2D eigenvalue weighted by molar-refractivity contribution is 0.0783. The highest BCUT2D eigenvalue weighted by atomic mass is 31.2. The summed E-state index contributed by atoms with van der Waals surface area (Å²) >= 11 is 0. The van der Waals surface area contributed by atoms with Crippen LogP contribution < -0.4 is 0 Å². The Labute approximate surface area is 95.1 Å². The van der Waals surface area contributed by atoms with Crippen LogP contribution in [0.25, 0.3) is 0 Å². The van der Waals surface area contributed by atoms with Crippen molar-refractivity contribution in [2.75, 3.05) is 0 Å². The molecule has 0 bridgehead atoms. The summed E-state index contributed by atoms with van der Waals surface area (Å²) in [5.41, 5.74) is 0.275. The smallest absolute Gasteiger partial charge is 0.361 e. The van der Waals surface area contributed by atoms with E-state index in [2.05, 4.69) is 0 Å². The molecule has 0 aliphatic rings. The van der Waals surface area contributed by atoms with Gasteiger partial charge in [-0.2, -0.15) is 0 Å². The molecule has 0 aliphatic carbocycles. The third-order valence-electron chi connectivity index (χ3n) is 2.60. The lowest BCUT2D eigenvalue weighted by Gasteiger charge is -2.29. The highest BCUT2D eigenvalue weighted by Crippen LogP contribution is 2.57. The lowest BCUT2D eigenvalue weighted by Crippen LogP contribution is -2.25. The zero-order valence-corrected chi connectivity index (χ0v) is 10.1. The molecule has 5 heteroatoms. The average molecular weight is 244 g/mol. The van der Waals surface area contributed by atoms with Crippen LogP contribution in [-0.2, 0) is 9.91 Å². The van der Waals surface area contributed by atoms with Crippen LogP contribution >= 0.6 is 7.60 Å². The predicted molar refractivity (Wildman–Crippen MR) is 61.9 cm³/mol. The van der Waals surface area contributed by atoms with Crippen molar-refractivity contribution in [1.29, 1.82) is 0 Å². The Bertz CT molecular complexity index is 373. The van der Waals surface area contributed by atoms with Gasteiger partial charge < -0.3 is 14.9 Å². The third kappa shape index (κ3) is 2.71. The summed E-state index contributed by atoms with van der Waals surface area (Å²) in [6.07, 6.45) is 1.41. The van der Waals surface area contributed by atoms with E-state index in [9.17, 15) is 19.5 Å². The summed E-state index contributed by atoms with van der Waals surface area (Å²) in [6.45, 7) is 1.91. The molecule has 90 valence electrons. The van der Waals surface area contributed by atoms with Crippen molar-refractivity contribution >= 4 is 7.60 Å². The first kappa shape index (κ1) is 13.4. The van der Waals surface area contributed by atoms with Crippen LogP contribution in [0, 0.1) is 0 Å². The number of benzene rings is 1. The van der Waals surface area contributed by atoms with E-state index in [0.29, 0.717) is 6.42 Å². The van der Waals surface area contributed by atoms with Gasteiger partial charge >= 0.3 is 7.60 Å². The van der Waals surface area contributed by atoms with Crippen LogP contribution in [0.1, 0.15) is 31.7 Å². The fraction of sp³-hybridized carbons (Fsp3) is 0.455. The van der Waals surface area contributed by atoms with Gasteiger partial charge in [-0.15, -0.1) is 0 Å². The predicted octanol–water partition coefficient (Wildman–Crippen LogP) is 2.20. The SMILES string of the molecule is CCCCC(O)(c1ccccc1)P(=O)(O)O. The fourth-order valence-electron chi connectivity index (χ4n) is 1.59. The molecule has 0 aliphatic heterocycles. The van der Waals surface area contributed by atoms with Crippen LogP contribution in [0.3, 0.4) is 0 Å². The molecular formula is C11H17O4P. The second-order valence-electron chi connectivity index (χ2n) is 3.83. The Morgan fingerprint density at radius 2 is 1.81 bits per heavy atom. The highest BCUT2D eigenvalue weighted by molar-refractivity contribution is 7.52. The third-order valence-corrected chi connectivity index (χ3v) is 4.04. The largest absolute Gasteiger partial charge is 0.373 e. The number of aliphatic hydroxyl groups is 1. The van der Waals surface area contributed by atoms with E-state index in [0.717, 1.165) is 6.42 Å². The molecule has 0 saturated heterocycles. The molecule has 4 nitrogen and oxygen atoms in total. The van der Waals surface area contributed by atoms with Gasteiger partial charge in [-0.1, -0.05) is 43.7 Å². The second kappa shape index (κ2) is 5.11. The van der Waals surface area contributed by atoms with E-state index < -0.39 is 12.9 Å². The van der Waals surface area contributed by atoms with Crippen molar-refractivity contribution in [3.05, 3.63) is 35.9 Å². The minimum atomic E-state index is -4.58. The van der Waals surface area contributed by atoms with Crippen molar-refractivity contribution in [3.8, 4) is 0 Å². The van der Waals surface area contributed by atoms with Crippen molar-refractivity contribution in [1.82, 2.24) is 0 Å². The van der Waals surface area contributed by atoms with Crippen LogP contribution in [0.5, 0.6) is 0 Å². The molecule has 1 unspecified atom stereocenters. The van der Waals surface area contributed by atoms with E-state index in [-0.39, 0.29) is 12.0 Å². The molecule has 0 radical (unpaired) electrons. The van der Waals surface area contributed by atoms with Crippen LogP contribution in [0.15, 0.2) is 30.3 Å². The van der Waals surface area contributed by atoms with E-state index in [1.807, 2.05) is 6.92 Å². The molecule has 3 N–H and O–H groups in total. The Morgan fingerprint density at radius 3 is 2.25 bits per heavy atom. The quantitative estimate of drug-likeness (QED) is 0.694. The fourth-order valence-corrected chi connectivity index (χ4v) is 2.52. The van der Waals surface area contributed by atoms with Crippen molar-refractivity contribution in [2.24, 2.45) is 0 Å². The molecule has 1 aromatic carbocycles. The van der Waals surface area contributed by atoms with Gasteiger partial charge in [0.1, 0.15) is 0 Å². The molecule has 0 heterocycles. The molecule has 1 aromatic rings. The number of unbranched alkanes of at least 4 members (excludes halogenated alkanes) is 1. The van der Waals surface area contributed by atoms with Gasteiger partial charge in [0, 0.05) is 0 Å². The van der Waals surface area contributed by atoms with Gasteiger partial charge in [0.05, 0.1) is 0 Å². The monoisotopic (exact) mass is 244 g/mol. The van der Waals surface area contributed by atoms with Gasteiger partial charge in [-0.25, -0.2) is 0 Å². The molecule has 0 amide bonds. The standard InChI is InChI=1S/C11H17O4P/c1-2-3-9-11(12,16(13,14)15)10-7-5-4-6-8-10/h4-8,12H,2-3,9H2,1H3,(H2,13,14,15). The van der Waals surface area contributed by atoms with Gasteiger partial charge in [0.2, 0.25) is 0 Å². The van der Waals surface area contributed by atoms with Crippen LogP contribution in [-0.4, -0.2) is 14.9 Å². The minimum absolute atomic E-state index is 0.0673. The summed E-state index contributed by atoms with van der Waals surface area (Å²) in [7, 11) is -4.58. The Morgan fingerprint density at radius 1 is 1.25 bits per heavy atom. The summed E-state index contributed by atoms with van der Waals surface area (Å²) in [5.74, 6) is 0. The molecular weight excluding hydrogens is 227 g/mol. The van der Waals surface area contributed by atoms with Gasteiger partial charge in [-0.3, -0.25) is 4.57 Å². The topological polar surface area (TPSA) is 77.8 Å². The highest BCUT2D eigenvalue weighted by Gasteiger charge is 2.45. The lowest BCUT2D eigenvalue weighted by atomic mass is 10.0. The summed E-state index contributed by atoms with van der Waals surface area (Å²) in [6, 6.07) is 8.12. The van der Waals surface area contributed by atoms with E-state index in [1.54, 1.807) is 18.2 Å². The Balaban J connectivity index is 3.10. The molecule has 0 saturated carbocycles. The second-order valence-corrected chi connectivity index (χ2v) is 5.66. The van der Waals surface area contributed by atoms with Crippen LogP contribution in [0.2, 0.25) is 0 Å². The Kier molecular flexibility index (Phi) is 4.28. The molecule has 1 rings (SSSR count). The van der Waals surface area contributed by atoms with Gasteiger partial charge in [-0.05, 0) is 18.4 Å². The van der Waals surface area contributed by atoms with E-state index in [4.69, 9.17) is 0 Å². The number of rotatable bonds is 5. The first-order valence-corrected chi connectivity index (χ1v) is 6.86. The zero-order chi connectivity index (χ0) is 12.2. The molecule has 0 spiro atoms. The van der Waals surface area contributed by atoms with Crippen molar-refractivity contribution in [3.63, 3.8) is 0 Å². The first-order chi connectivity index (χ1) is 7.42. The molecule has 1 atom stereocenters. The maximum atomic E-state index is 11.4. The maximum absolute atomic E-state index is 11.4.